The Morgan fingerprint density at radius 1 is 1.28 bits per heavy atom. The molecule has 0 amide bonds. The van der Waals surface area contributed by atoms with Gasteiger partial charge in [-0.15, -0.1) is 11.3 Å². The molecule has 0 saturated heterocycles. The van der Waals surface area contributed by atoms with Crippen molar-refractivity contribution in [2.75, 3.05) is 0 Å². The largest absolute Gasteiger partial charge is 0.508 e. The number of allylic oxidation sites excluding steroid dienone is 1. The highest BCUT2D eigenvalue weighted by molar-refractivity contribution is 9.11. The molecule has 0 spiro atoms. The minimum Gasteiger partial charge on any atom is -0.508 e. The van der Waals surface area contributed by atoms with Crippen molar-refractivity contribution >= 4 is 39.1 Å². The summed E-state index contributed by atoms with van der Waals surface area (Å²) < 4.78 is 1.04. The van der Waals surface area contributed by atoms with Crippen LogP contribution in [0.2, 0.25) is 0 Å². The van der Waals surface area contributed by atoms with Gasteiger partial charge < -0.3 is 5.11 Å². The molecule has 90 valence electrons. The van der Waals surface area contributed by atoms with Crippen molar-refractivity contribution in [1.82, 2.24) is 0 Å². The second-order valence-corrected chi connectivity index (χ2v) is 6.62. The SMILES string of the molecule is O=C1/C(=C/c2ccc(Br)s2)Cc2c(O)cccc21. The monoisotopic (exact) mass is 320 g/mol. The first kappa shape index (κ1) is 11.7. The number of carbonyl (C=O) groups excluding carboxylic acids is 1. The molecule has 1 aliphatic rings. The van der Waals surface area contributed by atoms with E-state index in [1.807, 2.05) is 18.2 Å². The van der Waals surface area contributed by atoms with E-state index < -0.39 is 0 Å². The number of aromatic hydroxyl groups is 1. The molecule has 0 fully saturated rings. The number of phenolic OH excluding ortho intramolecular Hbond substituents is 1. The van der Waals surface area contributed by atoms with Crippen molar-refractivity contribution in [3.8, 4) is 5.75 Å². The molecular weight excluding hydrogens is 312 g/mol. The topological polar surface area (TPSA) is 37.3 Å². The maximum Gasteiger partial charge on any atom is 0.189 e. The van der Waals surface area contributed by atoms with Gasteiger partial charge >= 0.3 is 0 Å². The molecule has 0 aliphatic heterocycles. The van der Waals surface area contributed by atoms with E-state index in [0.717, 1.165) is 19.8 Å². The number of halogens is 1. The fourth-order valence-electron chi connectivity index (χ4n) is 2.11. The van der Waals surface area contributed by atoms with Crippen LogP contribution in [-0.4, -0.2) is 10.9 Å². The second-order valence-electron chi connectivity index (χ2n) is 4.12. The zero-order chi connectivity index (χ0) is 12.7. The van der Waals surface area contributed by atoms with Crippen LogP contribution in [0.25, 0.3) is 6.08 Å². The van der Waals surface area contributed by atoms with Gasteiger partial charge in [0.25, 0.3) is 0 Å². The van der Waals surface area contributed by atoms with E-state index in [4.69, 9.17) is 0 Å². The van der Waals surface area contributed by atoms with Gasteiger partial charge in [-0.05, 0) is 40.2 Å². The Hall–Kier alpha value is -1.39. The summed E-state index contributed by atoms with van der Waals surface area (Å²) in [5.74, 6) is 0.224. The molecule has 4 heteroatoms. The molecule has 0 radical (unpaired) electrons. The molecule has 2 aromatic rings. The Kier molecular flexibility index (Phi) is 2.84. The number of rotatable bonds is 1. The minimum atomic E-state index is 0.0189. The third-order valence-electron chi connectivity index (χ3n) is 2.97. The lowest BCUT2D eigenvalue weighted by Gasteiger charge is -1.97. The van der Waals surface area contributed by atoms with Crippen LogP contribution in [0.3, 0.4) is 0 Å². The van der Waals surface area contributed by atoms with Crippen molar-refractivity contribution < 1.29 is 9.90 Å². The van der Waals surface area contributed by atoms with Crippen molar-refractivity contribution in [2.24, 2.45) is 0 Å². The van der Waals surface area contributed by atoms with Crippen LogP contribution < -0.4 is 0 Å². The standard InChI is InChI=1S/C14H9BrO2S/c15-13-5-4-9(18-13)6-8-7-11-10(14(8)17)2-1-3-12(11)16/h1-6,16H,7H2/b8-6+. The molecule has 0 unspecified atom stereocenters. The summed E-state index contributed by atoms with van der Waals surface area (Å²) in [6.45, 7) is 0. The lowest BCUT2D eigenvalue weighted by molar-refractivity contribution is 0.104. The van der Waals surface area contributed by atoms with Crippen LogP contribution in [0.1, 0.15) is 20.8 Å². The summed E-state index contributed by atoms with van der Waals surface area (Å²) in [4.78, 5) is 13.2. The Balaban J connectivity index is 2.02. The van der Waals surface area contributed by atoms with Crippen LogP contribution in [0.5, 0.6) is 5.75 Å². The highest BCUT2D eigenvalue weighted by Gasteiger charge is 2.26. The van der Waals surface area contributed by atoms with Gasteiger partial charge in [0.15, 0.2) is 5.78 Å². The minimum absolute atomic E-state index is 0.0189. The van der Waals surface area contributed by atoms with Crippen LogP contribution >= 0.6 is 27.3 Å². The molecule has 18 heavy (non-hydrogen) atoms. The van der Waals surface area contributed by atoms with Crippen LogP contribution in [-0.2, 0) is 6.42 Å². The number of carbonyl (C=O) groups is 1. The molecule has 0 atom stereocenters. The third-order valence-corrected chi connectivity index (χ3v) is 4.54. The average Bonchev–Trinajstić information content (AvgIpc) is 2.88. The van der Waals surface area contributed by atoms with E-state index >= 15 is 0 Å². The van der Waals surface area contributed by atoms with Gasteiger partial charge in [0.05, 0.1) is 3.79 Å². The zero-order valence-electron chi connectivity index (χ0n) is 9.31. The maximum absolute atomic E-state index is 12.2. The first-order chi connectivity index (χ1) is 8.65. The maximum atomic E-state index is 12.2. The fraction of sp³-hybridized carbons (Fsp3) is 0.0714. The number of fused-ring (bicyclic) bond motifs is 1. The van der Waals surface area contributed by atoms with Crippen LogP contribution in [0.15, 0.2) is 39.7 Å². The third kappa shape index (κ3) is 1.91. The lowest BCUT2D eigenvalue weighted by Crippen LogP contribution is -1.94. The molecule has 1 aromatic heterocycles. The average molecular weight is 321 g/mol. The molecule has 1 N–H and O–H groups in total. The first-order valence-corrected chi connectivity index (χ1v) is 7.07. The van der Waals surface area contributed by atoms with Crippen molar-refractivity contribution in [2.45, 2.75) is 6.42 Å². The molecule has 3 rings (SSSR count). The summed E-state index contributed by atoms with van der Waals surface area (Å²) >= 11 is 4.99. The van der Waals surface area contributed by atoms with Crippen molar-refractivity contribution in [3.05, 3.63) is 55.7 Å². The summed E-state index contributed by atoms with van der Waals surface area (Å²) in [6, 6.07) is 9.02. The zero-order valence-corrected chi connectivity index (χ0v) is 11.7. The lowest BCUT2D eigenvalue weighted by atomic mass is 10.1. The fourth-order valence-corrected chi connectivity index (χ4v) is 3.50. The van der Waals surface area contributed by atoms with Gasteiger partial charge in [0.2, 0.25) is 0 Å². The Labute approximate surface area is 117 Å². The molecule has 1 aliphatic carbocycles. The van der Waals surface area contributed by atoms with Gasteiger partial charge in [-0.25, -0.2) is 0 Å². The van der Waals surface area contributed by atoms with E-state index in [1.165, 1.54) is 0 Å². The number of thiophene rings is 1. The van der Waals surface area contributed by atoms with Crippen molar-refractivity contribution in [1.29, 1.82) is 0 Å². The molecular formula is C14H9BrO2S. The van der Waals surface area contributed by atoms with E-state index in [2.05, 4.69) is 15.9 Å². The molecule has 0 saturated carbocycles. The summed E-state index contributed by atoms with van der Waals surface area (Å²) in [6.07, 6.45) is 2.41. The van der Waals surface area contributed by atoms with E-state index in [0.29, 0.717) is 12.0 Å². The predicted molar refractivity (Wildman–Crippen MR) is 76.1 cm³/mol. The Morgan fingerprint density at radius 3 is 2.78 bits per heavy atom. The van der Waals surface area contributed by atoms with E-state index in [9.17, 15) is 9.90 Å². The summed E-state index contributed by atoms with van der Waals surface area (Å²) in [5, 5.41) is 9.75. The quantitative estimate of drug-likeness (QED) is 0.805. The van der Waals surface area contributed by atoms with Gasteiger partial charge in [-0.3, -0.25) is 4.79 Å². The number of hydrogen-bond donors (Lipinski definition) is 1. The second kappa shape index (κ2) is 4.37. The molecule has 1 heterocycles. The highest BCUT2D eigenvalue weighted by atomic mass is 79.9. The summed E-state index contributed by atoms with van der Waals surface area (Å²) in [5.41, 5.74) is 2.10. The van der Waals surface area contributed by atoms with Crippen LogP contribution in [0.4, 0.5) is 0 Å². The van der Waals surface area contributed by atoms with Gasteiger partial charge in [-0.2, -0.15) is 0 Å². The summed E-state index contributed by atoms with van der Waals surface area (Å²) in [7, 11) is 0. The normalized spacial score (nSPS) is 16.3. The highest BCUT2D eigenvalue weighted by Crippen LogP contribution is 2.34. The molecule has 1 aromatic carbocycles. The van der Waals surface area contributed by atoms with Crippen molar-refractivity contribution in [3.63, 3.8) is 0 Å². The smallest absolute Gasteiger partial charge is 0.189 e. The van der Waals surface area contributed by atoms with Gasteiger partial charge in [-0.1, -0.05) is 12.1 Å². The molecule has 2 nitrogen and oxygen atoms in total. The van der Waals surface area contributed by atoms with E-state index in [1.54, 1.807) is 29.5 Å². The van der Waals surface area contributed by atoms with Gasteiger partial charge in [0, 0.05) is 28.0 Å². The number of benzene rings is 1. The Bertz CT molecular complexity index is 670. The number of Topliss-reactive ketones (excluding diaryl/α,β-unsaturated/α-hetero) is 1. The number of ketones is 1. The van der Waals surface area contributed by atoms with E-state index in [-0.39, 0.29) is 11.5 Å². The Morgan fingerprint density at radius 2 is 2.11 bits per heavy atom. The number of hydrogen-bond acceptors (Lipinski definition) is 3. The molecule has 0 bridgehead atoms. The van der Waals surface area contributed by atoms with Crippen LogP contribution in [0, 0.1) is 0 Å². The van der Waals surface area contributed by atoms with Gasteiger partial charge in [0.1, 0.15) is 5.75 Å². The predicted octanol–water partition coefficient (Wildman–Crippen LogP) is 4.04. The number of phenols is 1. The first-order valence-electron chi connectivity index (χ1n) is 5.46.